The fourth-order valence-corrected chi connectivity index (χ4v) is 15.7. The first kappa shape index (κ1) is 108. The van der Waals surface area contributed by atoms with Crippen LogP contribution in [0.1, 0.15) is 214 Å². The van der Waals surface area contributed by atoms with Crippen molar-refractivity contribution in [3.8, 4) is 50.8 Å². The zero-order valence-corrected chi connectivity index (χ0v) is 81.2. The summed E-state index contributed by atoms with van der Waals surface area (Å²) in [4.78, 5) is 69.5. The molecule has 0 amide bonds. The maximum atomic E-state index is 15.0. The van der Waals surface area contributed by atoms with E-state index in [1.165, 1.54) is 57.1 Å². The Labute approximate surface area is 802 Å². The molecule has 32 heteroatoms. The minimum atomic E-state index is -4.53. The van der Waals surface area contributed by atoms with Crippen molar-refractivity contribution in [1.29, 1.82) is 0 Å². The van der Waals surface area contributed by atoms with Gasteiger partial charge in [0.1, 0.15) is 11.4 Å². The molecule has 12 rings (SSSR count). The summed E-state index contributed by atoms with van der Waals surface area (Å²) >= 11 is 0. The highest BCUT2D eigenvalue weighted by molar-refractivity contribution is 5.76. The Bertz CT molecular complexity index is 6100. The van der Waals surface area contributed by atoms with E-state index in [1.807, 2.05) is 109 Å². The van der Waals surface area contributed by atoms with Crippen LogP contribution in [0.4, 0.5) is 61.7 Å². The SMILES string of the molecule is Cc1cc(CN(Cc2cc(C)c(C)cc2-c2cc(C(C)(C)O)c(F)cc2C)c2ncc(OCCCC(=O)O)cn2)cc(C(F)(F)F)c1.Cc1cc(CN(Cc2cc(C)c(C)cc2-c2cc(C(C)(C)O)ccc2C)c2ncc(OCCCC(=O)O)cn2)cc(C(F)(F)F)c1.Cc1cc(CN(Cc2cc(C)c(C)cc2-c2nc(C(C)(C)O)ccc2C)c2ncc(OCCCC(=O)O)cn2)cc(C(F)(F)F)c1. The summed E-state index contributed by atoms with van der Waals surface area (Å²) in [6.07, 6.45) is -3.94. The summed E-state index contributed by atoms with van der Waals surface area (Å²) in [6.45, 7) is 33.8. The van der Waals surface area contributed by atoms with Crippen molar-refractivity contribution < 1.29 is 103 Å². The molecule has 738 valence electrons. The number of carbonyl (C=O) groups is 3. The number of pyridine rings is 1. The van der Waals surface area contributed by atoms with Gasteiger partial charge in [0, 0.05) is 69.7 Å². The molecule has 0 aliphatic rings. The smallest absolute Gasteiger partial charge is 0.416 e. The number of halogens is 10. The van der Waals surface area contributed by atoms with E-state index in [0.717, 1.165) is 125 Å². The van der Waals surface area contributed by atoms with Gasteiger partial charge >= 0.3 is 36.4 Å². The van der Waals surface area contributed by atoms with Crippen molar-refractivity contribution in [3.63, 3.8) is 0 Å². The molecule has 0 saturated heterocycles. The number of anilines is 3. The van der Waals surface area contributed by atoms with Crippen LogP contribution in [-0.4, -0.2) is 103 Å². The van der Waals surface area contributed by atoms with Crippen LogP contribution < -0.4 is 28.9 Å². The van der Waals surface area contributed by atoms with Crippen molar-refractivity contribution >= 4 is 35.8 Å². The molecular weight excluding hydrogens is 1810 g/mol. The standard InChI is InChI=1S/C36H39F4N3O4.C36H40F3N3O4.C35H39F3N4O4/c1-21-10-25(15-27(11-21)36(38,39)40)19-43(34-41-17-28(18-42-34)47-9-7-8-33(44)45)20-26-12-22(2)23(3)13-30(26)29-16-31(35(5,6)46)32(37)14-24(29)4;1-22-12-26(16-29(13-22)36(37,38)39)20-42(34-40-18-30(19-41-34)46-11-7-8-33(43)44)21-27-14-24(3)25(4)15-32(27)31-17-28(35(5,6)45)10-9-23(31)2;1-21-12-25(16-27(13-21)35(36,37)38)19-42(33-39-17-28(18-40-33)46-11-7-8-31(43)44)20-26-14-23(3)24(4)15-29(26)32-22(2)9-10-30(41-32)34(5,6)45/h10-18,46H,7-9,19-20H2,1-6H3,(H,44,45);9-10,12-19,45H,7-8,11,20-21H2,1-6H3,(H,43,44);9-10,12-18,45H,7-8,11,19-20H2,1-6H3,(H,43,44). The predicted octanol–water partition coefficient (Wildman–Crippen LogP) is 23.8. The summed E-state index contributed by atoms with van der Waals surface area (Å²) in [5.74, 6) is -1.47. The van der Waals surface area contributed by atoms with Crippen LogP contribution in [0.5, 0.6) is 17.2 Å². The van der Waals surface area contributed by atoms with Gasteiger partial charge in [-0.05, 0) is 322 Å². The Morgan fingerprint density at radius 2 is 0.640 bits per heavy atom. The molecule has 0 bridgehead atoms. The van der Waals surface area contributed by atoms with Crippen molar-refractivity contribution in [2.75, 3.05) is 34.5 Å². The number of aliphatic hydroxyl groups is 3. The van der Waals surface area contributed by atoms with Crippen LogP contribution in [0.25, 0.3) is 33.5 Å². The van der Waals surface area contributed by atoms with Crippen LogP contribution in [0, 0.1) is 88.9 Å². The summed E-state index contributed by atoms with van der Waals surface area (Å²) in [5.41, 5.74) is 14.4. The Hall–Kier alpha value is -13.5. The zero-order valence-electron chi connectivity index (χ0n) is 81.2. The number of rotatable bonds is 36. The van der Waals surface area contributed by atoms with E-state index >= 15 is 0 Å². The topological polar surface area (TPSA) is 300 Å². The van der Waals surface area contributed by atoms with E-state index in [-0.39, 0.29) is 95.8 Å². The Balaban J connectivity index is 0.000000215. The lowest BCUT2D eigenvalue weighted by Gasteiger charge is -2.27. The quantitative estimate of drug-likeness (QED) is 0.0157. The molecule has 139 heavy (non-hydrogen) atoms. The largest absolute Gasteiger partial charge is 0.490 e. The molecule has 0 saturated carbocycles. The lowest BCUT2D eigenvalue weighted by molar-refractivity contribution is -0.138. The minimum Gasteiger partial charge on any atom is -0.490 e. The summed E-state index contributed by atoms with van der Waals surface area (Å²) in [6, 6.07) is 36.7. The van der Waals surface area contributed by atoms with E-state index in [4.69, 9.17) is 34.5 Å². The van der Waals surface area contributed by atoms with Crippen molar-refractivity contribution in [2.45, 2.75) is 238 Å². The van der Waals surface area contributed by atoms with Gasteiger partial charge in [-0.15, -0.1) is 0 Å². The number of carboxylic acid groups (broad SMARTS) is 3. The molecule has 4 heterocycles. The maximum absolute atomic E-state index is 15.0. The Kier molecular flexibility index (Phi) is 35.2. The number of hydrogen-bond donors (Lipinski definition) is 6. The number of benzene rings is 8. The molecule has 4 aromatic heterocycles. The van der Waals surface area contributed by atoms with Gasteiger partial charge in [0.25, 0.3) is 0 Å². The first-order valence-electron chi connectivity index (χ1n) is 45.1. The van der Waals surface area contributed by atoms with Crippen LogP contribution in [0.3, 0.4) is 0 Å². The van der Waals surface area contributed by atoms with Crippen LogP contribution in [0.15, 0.2) is 171 Å². The second-order valence-electron chi connectivity index (χ2n) is 36.9. The molecule has 0 radical (unpaired) electrons. The van der Waals surface area contributed by atoms with Gasteiger partial charge in [-0.1, -0.05) is 83.4 Å². The molecule has 22 nitrogen and oxygen atoms in total. The first-order chi connectivity index (χ1) is 64.9. The Morgan fingerprint density at radius 1 is 0.324 bits per heavy atom. The number of alkyl halides is 9. The number of aromatic nitrogens is 7. The van der Waals surface area contributed by atoms with E-state index in [0.29, 0.717) is 98.4 Å². The molecule has 0 spiro atoms. The molecule has 8 aromatic carbocycles. The third-order valence-electron chi connectivity index (χ3n) is 23.3. The van der Waals surface area contributed by atoms with Gasteiger partial charge in [0.05, 0.1) is 96.3 Å². The predicted molar refractivity (Wildman–Crippen MR) is 513 cm³/mol. The highest BCUT2D eigenvalue weighted by Gasteiger charge is 2.36. The average Bonchev–Trinajstić information content (AvgIpc) is 0.785. The fourth-order valence-electron chi connectivity index (χ4n) is 15.7. The lowest BCUT2D eigenvalue weighted by atomic mass is 9.87. The van der Waals surface area contributed by atoms with Crippen molar-refractivity contribution in [3.05, 3.63) is 310 Å². The van der Waals surface area contributed by atoms with Gasteiger partial charge in [0.2, 0.25) is 17.8 Å². The van der Waals surface area contributed by atoms with E-state index in [1.54, 1.807) is 95.5 Å². The van der Waals surface area contributed by atoms with Crippen LogP contribution in [-0.2, 0) is 89.0 Å². The molecule has 0 fully saturated rings. The third-order valence-corrected chi connectivity index (χ3v) is 23.3. The molecule has 0 aliphatic carbocycles. The van der Waals surface area contributed by atoms with Gasteiger partial charge in [-0.2, -0.15) is 39.5 Å². The molecule has 0 atom stereocenters. The van der Waals surface area contributed by atoms with E-state index in [9.17, 15) is 73.6 Å². The second-order valence-corrected chi connectivity index (χ2v) is 36.9. The molecule has 12 aromatic rings. The average molecular weight is 1930 g/mol. The monoisotopic (exact) mass is 1920 g/mol. The fraction of sp³-hybridized carbons (Fsp3) is 0.364. The molecule has 0 unspecified atom stereocenters. The van der Waals surface area contributed by atoms with Crippen molar-refractivity contribution in [1.82, 2.24) is 34.9 Å². The molecular formula is C107H118F10N10O12. The van der Waals surface area contributed by atoms with E-state index < -0.39 is 75.7 Å². The van der Waals surface area contributed by atoms with Crippen molar-refractivity contribution in [2.24, 2.45) is 0 Å². The maximum Gasteiger partial charge on any atom is 0.416 e. The molecule has 6 N–H and O–H groups in total. The zero-order chi connectivity index (χ0) is 102. The number of ether oxygens (including phenoxy) is 3. The molecule has 0 aliphatic heterocycles. The summed E-state index contributed by atoms with van der Waals surface area (Å²) in [7, 11) is 0. The third kappa shape index (κ3) is 30.5. The van der Waals surface area contributed by atoms with Gasteiger partial charge < -0.3 is 59.5 Å². The number of carboxylic acids is 3. The first-order valence-corrected chi connectivity index (χ1v) is 45.1. The Morgan fingerprint density at radius 3 is 0.957 bits per heavy atom. The second kappa shape index (κ2) is 45.4. The summed E-state index contributed by atoms with van der Waals surface area (Å²) < 4.78 is 155. The normalized spacial score (nSPS) is 11.9. The van der Waals surface area contributed by atoms with Crippen LogP contribution >= 0.6 is 0 Å². The minimum absolute atomic E-state index is 0.0282. The number of aliphatic carboxylic acids is 3. The van der Waals surface area contributed by atoms with E-state index in [2.05, 4.69) is 42.0 Å². The van der Waals surface area contributed by atoms with Crippen LogP contribution in [0.2, 0.25) is 0 Å². The highest BCUT2D eigenvalue weighted by Crippen LogP contribution is 2.42. The van der Waals surface area contributed by atoms with Gasteiger partial charge in [-0.3, -0.25) is 14.4 Å². The van der Waals surface area contributed by atoms with Gasteiger partial charge in [0.15, 0.2) is 17.2 Å². The highest BCUT2D eigenvalue weighted by atomic mass is 19.4. The number of hydrogen-bond acceptors (Lipinski definition) is 19. The van der Waals surface area contributed by atoms with Gasteiger partial charge in [-0.25, -0.2) is 39.3 Å². The summed E-state index contributed by atoms with van der Waals surface area (Å²) in [5, 5.41) is 58.7. The lowest BCUT2D eigenvalue weighted by Crippen LogP contribution is -2.25. The number of aryl methyl sites for hydroxylation is 12. The number of nitrogens with zero attached hydrogens (tertiary/aromatic N) is 10.